The second-order valence-electron chi connectivity index (χ2n) is 6.88. The van der Waals surface area contributed by atoms with Crippen LogP contribution in [0.2, 0.25) is 5.02 Å². The van der Waals surface area contributed by atoms with Crippen LogP contribution >= 0.6 is 11.6 Å². The summed E-state index contributed by atoms with van der Waals surface area (Å²) in [6.07, 6.45) is 1.98. The highest BCUT2D eigenvalue weighted by atomic mass is 35.5. The molecule has 1 aliphatic heterocycles. The van der Waals surface area contributed by atoms with Crippen LogP contribution in [0.25, 0.3) is 5.57 Å². The van der Waals surface area contributed by atoms with Gasteiger partial charge in [0.05, 0.1) is 5.57 Å². The Balaban J connectivity index is 2.27. The lowest BCUT2D eigenvalue weighted by molar-refractivity contribution is -0.133. The van der Waals surface area contributed by atoms with E-state index in [9.17, 15) is 14.7 Å². The Morgan fingerprint density at radius 1 is 1.14 bits per heavy atom. The van der Waals surface area contributed by atoms with Gasteiger partial charge in [0.25, 0.3) is 0 Å². The number of fused-ring (bicyclic) bond motifs is 2. The highest BCUT2D eigenvalue weighted by molar-refractivity contribution is 6.31. The molecule has 0 amide bonds. The molecule has 0 saturated heterocycles. The predicted molar refractivity (Wildman–Crippen MR) is 106 cm³/mol. The zero-order chi connectivity index (χ0) is 20.4. The zero-order valence-electron chi connectivity index (χ0n) is 15.5. The molecule has 2 aromatic carbocycles. The number of carbonyl (C=O) groups is 2. The van der Waals surface area contributed by atoms with E-state index < -0.39 is 11.9 Å². The Morgan fingerprint density at radius 2 is 1.82 bits per heavy atom. The first-order chi connectivity index (χ1) is 13.3. The van der Waals surface area contributed by atoms with Crippen LogP contribution in [0, 0.1) is 0 Å². The van der Waals surface area contributed by atoms with E-state index in [2.05, 4.69) is 4.90 Å². The maximum absolute atomic E-state index is 11.8. The molecule has 0 bridgehead atoms. The Kier molecular flexibility index (Phi) is 5.72. The van der Waals surface area contributed by atoms with Crippen molar-refractivity contribution in [1.82, 2.24) is 4.90 Å². The molecule has 1 atom stereocenters. The van der Waals surface area contributed by atoms with Gasteiger partial charge in [0.2, 0.25) is 0 Å². The summed E-state index contributed by atoms with van der Waals surface area (Å²) in [7, 11) is 3.96. The summed E-state index contributed by atoms with van der Waals surface area (Å²) in [6.45, 7) is 0. The van der Waals surface area contributed by atoms with Crippen molar-refractivity contribution >= 4 is 29.1 Å². The number of carboxylic acid groups (broad SMARTS) is 2. The number of carboxylic acids is 2. The summed E-state index contributed by atoms with van der Waals surface area (Å²) in [5.41, 5.74) is 1.48. The number of likely N-dealkylation sites (N-methyl/N-ethyl adjacent to an activating group) is 1. The Bertz CT molecular complexity index is 967. The van der Waals surface area contributed by atoms with Crippen molar-refractivity contribution in [3.05, 3.63) is 64.2 Å². The van der Waals surface area contributed by atoms with Crippen LogP contribution in [0.15, 0.2) is 42.5 Å². The maximum Gasteiger partial charge on any atom is 0.336 e. The van der Waals surface area contributed by atoms with Crippen molar-refractivity contribution in [2.45, 2.75) is 18.9 Å². The van der Waals surface area contributed by atoms with E-state index in [4.69, 9.17) is 21.4 Å². The van der Waals surface area contributed by atoms with Gasteiger partial charge in [0, 0.05) is 22.7 Å². The molecule has 0 radical (unpaired) electrons. The molecule has 3 rings (SSSR count). The van der Waals surface area contributed by atoms with Crippen LogP contribution in [0.4, 0.5) is 0 Å². The fraction of sp³-hybridized carbons (Fsp3) is 0.238. The third-order valence-corrected chi connectivity index (χ3v) is 4.96. The fourth-order valence-electron chi connectivity index (χ4n) is 3.33. The second kappa shape index (κ2) is 8.04. The van der Waals surface area contributed by atoms with Crippen molar-refractivity contribution in [1.29, 1.82) is 0 Å². The van der Waals surface area contributed by atoms with E-state index >= 15 is 0 Å². The van der Waals surface area contributed by atoms with E-state index in [1.807, 2.05) is 38.4 Å². The van der Waals surface area contributed by atoms with Gasteiger partial charge in [-0.1, -0.05) is 29.8 Å². The second-order valence-corrected chi connectivity index (χ2v) is 7.31. The molecule has 2 aromatic rings. The van der Waals surface area contributed by atoms with Crippen LogP contribution < -0.4 is 4.74 Å². The van der Waals surface area contributed by atoms with Crippen LogP contribution in [-0.2, 0) is 22.4 Å². The first-order valence-corrected chi connectivity index (χ1v) is 9.07. The zero-order valence-corrected chi connectivity index (χ0v) is 16.2. The average molecular weight is 402 g/mol. The lowest BCUT2D eigenvalue weighted by atomic mass is 9.92. The summed E-state index contributed by atoms with van der Waals surface area (Å²) >= 11 is 6.25. The van der Waals surface area contributed by atoms with Gasteiger partial charge in [-0.25, -0.2) is 9.59 Å². The fourth-order valence-corrected chi connectivity index (χ4v) is 3.57. The van der Waals surface area contributed by atoms with Crippen LogP contribution in [0.3, 0.4) is 0 Å². The lowest BCUT2D eigenvalue weighted by Gasteiger charge is -2.29. The molecule has 0 fully saturated rings. The van der Waals surface area contributed by atoms with Gasteiger partial charge in [-0.15, -0.1) is 0 Å². The number of rotatable bonds is 4. The van der Waals surface area contributed by atoms with Crippen molar-refractivity contribution in [2.75, 3.05) is 14.1 Å². The molecule has 0 aromatic heterocycles. The summed E-state index contributed by atoms with van der Waals surface area (Å²) in [4.78, 5) is 25.0. The quantitative estimate of drug-likeness (QED) is 0.759. The first-order valence-electron chi connectivity index (χ1n) is 8.69. The van der Waals surface area contributed by atoms with Gasteiger partial charge < -0.3 is 19.8 Å². The molecule has 0 spiro atoms. The lowest BCUT2D eigenvalue weighted by Crippen LogP contribution is -2.33. The number of halogens is 1. The molecule has 7 heteroatoms. The number of hydrogen-bond acceptors (Lipinski definition) is 4. The molecule has 1 unspecified atom stereocenters. The molecule has 6 nitrogen and oxygen atoms in total. The molecule has 28 heavy (non-hydrogen) atoms. The van der Waals surface area contributed by atoms with Crippen LogP contribution in [-0.4, -0.2) is 47.2 Å². The number of ether oxygens (including phenoxy) is 1. The highest BCUT2D eigenvalue weighted by Crippen LogP contribution is 2.40. The van der Waals surface area contributed by atoms with E-state index in [0.717, 1.165) is 17.5 Å². The smallest absolute Gasteiger partial charge is 0.336 e. The third-order valence-electron chi connectivity index (χ3n) is 4.75. The molecule has 0 aliphatic carbocycles. The van der Waals surface area contributed by atoms with Gasteiger partial charge >= 0.3 is 11.9 Å². The number of para-hydroxylation sites is 1. The SMILES string of the molecule is CN(C)C1Cc2ccccc2Oc2c(cc(Cl)cc2/C(=C/C(=O)O)C(=O)O)C1. The van der Waals surface area contributed by atoms with Crippen molar-refractivity contribution < 1.29 is 24.5 Å². The molecule has 1 heterocycles. The number of aliphatic carboxylic acids is 2. The van der Waals surface area contributed by atoms with Crippen molar-refractivity contribution in [2.24, 2.45) is 0 Å². The third kappa shape index (κ3) is 4.18. The predicted octanol–water partition coefficient (Wildman–Crippen LogP) is 3.71. The molecular weight excluding hydrogens is 382 g/mol. The highest BCUT2D eigenvalue weighted by Gasteiger charge is 2.27. The average Bonchev–Trinajstić information content (AvgIpc) is 2.59. The number of benzene rings is 2. The van der Waals surface area contributed by atoms with Gasteiger partial charge in [0.15, 0.2) is 0 Å². The van der Waals surface area contributed by atoms with E-state index in [-0.39, 0.29) is 17.2 Å². The molecule has 146 valence electrons. The molecular formula is C21H20ClNO5. The number of nitrogens with zero attached hydrogens (tertiary/aromatic N) is 1. The van der Waals surface area contributed by atoms with Crippen molar-refractivity contribution in [3.63, 3.8) is 0 Å². The summed E-state index contributed by atoms with van der Waals surface area (Å²) < 4.78 is 6.14. The standard InChI is InChI=1S/C21H20ClNO5/c1-23(2)15-8-12-5-3-4-6-18(12)28-20-13(9-15)7-14(22)10-16(20)17(21(26)27)11-19(24)25/h3-7,10-11,15H,8-9H2,1-2H3,(H,24,25)(H,26,27)/b17-11-. The normalized spacial score (nSPS) is 16.4. The van der Waals surface area contributed by atoms with Crippen molar-refractivity contribution in [3.8, 4) is 11.5 Å². The molecule has 2 N–H and O–H groups in total. The van der Waals surface area contributed by atoms with Crippen LogP contribution in [0.1, 0.15) is 16.7 Å². The van der Waals surface area contributed by atoms with E-state index in [0.29, 0.717) is 29.0 Å². The Hall–Kier alpha value is -2.83. The Labute approximate surface area is 167 Å². The minimum Gasteiger partial charge on any atom is -0.478 e. The van der Waals surface area contributed by atoms with E-state index in [1.165, 1.54) is 6.07 Å². The summed E-state index contributed by atoms with van der Waals surface area (Å²) in [6, 6.07) is 10.9. The Morgan fingerprint density at radius 3 is 2.46 bits per heavy atom. The summed E-state index contributed by atoms with van der Waals surface area (Å²) in [5, 5.41) is 19.0. The van der Waals surface area contributed by atoms with Crippen LogP contribution in [0.5, 0.6) is 11.5 Å². The largest absolute Gasteiger partial charge is 0.478 e. The molecule has 1 aliphatic rings. The minimum absolute atomic E-state index is 0.131. The molecule has 0 saturated carbocycles. The van der Waals surface area contributed by atoms with Gasteiger partial charge in [-0.05, 0) is 56.3 Å². The monoisotopic (exact) mass is 401 g/mol. The maximum atomic E-state index is 11.8. The first kappa shape index (κ1) is 19.9. The summed E-state index contributed by atoms with van der Waals surface area (Å²) in [5.74, 6) is -1.80. The van der Waals surface area contributed by atoms with E-state index in [1.54, 1.807) is 6.07 Å². The topological polar surface area (TPSA) is 87.1 Å². The number of hydrogen-bond donors (Lipinski definition) is 2. The van der Waals surface area contributed by atoms with Gasteiger partial charge in [-0.2, -0.15) is 0 Å². The van der Waals surface area contributed by atoms with Gasteiger partial charge in [0.1, 0.15) is 11.5 Å². The van der Waals surface area contributed by atoms with Gasteiger partial charge in [-0.3, -0.25) is 0 Å². The minimum atomic E-state index is -1.37.